The lowest BCUT2D eigenvalue weighted by Crippen LogP contribution is -2.49. The Bertz CT molecular complexity index is 905. The van der Waals surface area contributed by atoms with E-state index in [-0.39, 0.29) is 11.9 Å². The van der Waals surface area contributed by atoms with E-state index < -0.39 is 0 Å². The van der Waals surface area contributed by atoms with Crippen molar-refractivity contribution in [3.05, 3.63) is 76.5 Å². The molecule has 1 fully saturated rings. The van der Waals surface area contributed by atoms with Gasteiger partial charge in [-0.25, -0.2) is 0 Å². The van der Waals surface area contributed by atoms with E-state index in [4.69, 9.17) is 0 Å². The number of nitrogens with zero attached hydrogens (tertiary/aromatic N) is 4. The van der Waals surface area contributed by atoms with Crippen LogP contribution in [-0.4, -0.2) is 44.4 Å². The molecule has 0 aromatic carbocycles. The normalized spacial score (nSPS) is 22.5. The molecule has 26 heavy (non-hydrogen) atoms. The second-order valence-corrected chi connectivity index (χ2v) is 8.04. The predicted octanol–water partition coefficient (Wildman–Crippen LogP) is 3.03. The predicted molar refractivity (Wildman–Crippen MR) is 101 cm³/mol. The van der Waals surface area contributed by atoms with E-state index in [0.717, 1.165) is 25.3 Å². The van der Waals surface area contributed by atoms with Gasteiger partial charge in [0, 0.05) is 43.1 Å². The Kier molecular flexibility index (Phi) is 3.87. The Morgan fingerprint density at radius 2 is 2.00 bits per heavy atom. The zero-order valence-corrected chi connectivity index (χ0v) is 15.2. The second-order valence-electron chi connectivity index (χ2n) is 7.00. The largest absolute Gasteiger partial charge is 0.337 e. The molecule has 5 nitrogen and oxygen atoms in total. The molecule has 1 saturated heterocycles. The number of pyridine rings is 1. The highest BCUT2D eigenvalue weighted by molar-refractivity contribution is 7.09. The van der Waals surface area contributed by atoms with Crippen molar-refractivity contribution in [2.24, 2.45) is 0 Å². The van der Waals surface area contributed by atoms with Gasteiger partial charge in [0.15, 0.2) is 0 Å². The van der Waals surface area contributed by atoms with Crippen LogP contribution in [0.2, 0.25) is 0 Å². The summed E-state index contributed by atoms with van der Waals surface area (Å²) in [6.45, 7) is 3.42. The van der Waals surface area contributed by atoms with Crippen LogP contribution < -0.4 is 0 Å². The molecule has 2 aliphatic rings. The van der Waals surface area contributed by atoms with Crippen molar-refractivity contribution in [3.8, 4) is 0 Å². The Morgan fingerprint density at radius 3 is 2.81 bits per heavy atom. The van der Waals surface area contributed by atoms with E-state index in [1.807, 2.05) is 24.4 Å². The van der Waals surface area contributed by atoms with Crippen molar-refractivity contribution >= 4 is 17.2 Å². The lowest BCUT2D eigenvalue weighted by Gasteiger charge is -2.38. The summed E-state index contributed by atoms with van der Waals surface area (Å²) < 4.78 is 2.18. The van der Waals surface area contributed by atoms with E-state index in [9.17, 15) is 4.79 Å². The number of rotatable bonds is 4. The van der Waals surface area contributed by atoms with Crippen molar-refractivity contribution in [3.63, 3.8) is 0 Å². The molecule has 6 heteroatoms. The first-order chi connectivity index (χ1) is 12.8. The van der Waals surface area contributed by atoms with Gasteiger partial charge in [-0.1, -0.05) is 12.1 Å². The molecular weight excluding hydrogens is 344 g/mol. The number of hydrogen-bond donors (Lipinski definition) is 0. The topological polar surface area (TPSA) is 41.4 Å². The smallest absolute Gasteiger partial charge is 0.271 e. The van der Waals surface area contributed by atoms with Gasteiger partial charge in [0.25, 0.3) is 5.91 Å². The van der Waals surface area contributed by atoms with Crippen LogP contribution in [0.4, 0.5) is 0 Å². The molecule has 3 aromatic heterocycles. The summed E-state index contributed by atoms with van der Waals surface area (Å²) in [5.74, 6) is 0.146. The number of aromatic nitrogens is 2. The molecule has 0 spiro atoms. The lowest BCUT2D eigenvalue weighted by molar-refractivity contribution is 0.0559. The molecule has 0 saturated carbocycles. The molecule has 5 rings (SSSR count). The number of hydrogen-bond acceptors (Lipinski definition) is 4. The van der Waals surface area contributed by atoms with Gasteiger partial charge in [-0.15, -0.1) is 11.3 Å². The maximum atomic E-state index is 13.1. The minimum atomic E-state index is 0.146. The summed E-state index contributed by atoms with van der Waals surface area (Å²) >= 11 is 1.72. The monoisotopic (exact) mass is 364 g/mol. The fourth-order valence-corrected chi connectivity index (χ4v) is 4.93. The molecule has 1 amide bonds. The average molecular weight is 364 g/mol. The van der Waals surface area contributed by atoms with Crippen molar-refractivity contribution in [2.75, 3.05) is 13.1 Å². The first-order valence-electron chi connectivity index (χ1n) is 8.91. The number of amides is 1. The van der Waals surface area contributed by atoms with Crippen LogP contribution in [0, 0.1) is 0 Å². The summed E-state index contributed by atoms with van der Waals surface area (Å²) in [7, 11) is 0. The van der Waals surface area contributed by atoms with Crippen molar-refractivity contribution in [2.45, 2.75) is 25.2 Å². The van der Waals surface area contributed by atoms with E-state index in [1.54, 1.807) is 17.5 Å². The number of carbonyl (C=O) groups is 1. The van der Waals surface area contributed by atoms with Crippen molar-refractivity contribution in [1.29, 1.82) is 0 Å². The maximum absolute atomic E-state index is 13.1. The minimum Gasteiger partial charge on any atom is -0.337 e. The zero-order chi connectivity index (χ0) is 17.5. The van der Waals surface area contributed by atoms with Crippen LogP contribution in [0.25, 0.3) is 0 Å². The molecule has 3 aromatic rings. The molecule has 0 aliphatic carbocycles. The maximum Gasteiger partial charge on any atom is 0.271 e. The highest BCUT2D eigenvalue weighted by Crippen LogP contribution is 2.35. The first kappa shape index (κ1) is 15.8. The van der Waals surface area contributed by atoms with Crippen LogP contribution in [0.15, 0.2) is 60.4 Å². The molecule has 0 radical (unpaired) electrons. The lowest BCUT2D eigenvalue weighted by atomic mass is 10.1. The Labute approximate surface area is 156 Å². The number of likely N-dealkylation sites (tertiary alicyclic amines) is 1. The van der Waals surface area contributed by atoms with Gasteiger partial charge in [-0.2, -0.15) is 0 Å². The van der Waals surface area contributed by atoms with Crippen LogP contribution in [0.1, 0.15) is 27.0 Å². The number of thiophene rings is 1. The molecular formula is C20H20N4OS. The van der Waals surface area contributed by atoms with Gasteiger partial charge in [-0.05, 0) is 35.2 Å². The fourth-order valence-electron chi connectivity index (χ4n) is 4.23. The zero-order valence-electron chi connectivity index (χ0n) is 14.4. The summed E-state index contributed by atoms with van der Waals surface area (Å²) in [5, 5.41) is 2.08. The standard InChI is InChI=1S/C20H20N4OS/c25-20-17-6-2-8-23(17)18-13-22(11-15-4-1-7-21-10-15)14-19(18)24(20)12-16-5-3-9-26-16/h1-10,18-19H,11-14H2/t18-,19-/m1/s1. The third kappa shape index (κ3) is 2.66. The Hall–Kier alpha value is -2.44. The van der Waals surface area contributed by atoms with Gasteiger partial charge in [0.05, 0.1) is 18.6 Å². The van der Waals surface area contributed by atoms with E-state index >= 15 is 0 Å². The van der Waals surface area contributed by atoms with Crippen molar-refractivity contribution in [1.82, 2.24) is 19.4 Å². The Balaban J connectivity index is 1.44. The molecule has 2 atom stereocenters. The number of carbonyl (C=O) groups excluding carboxylic acids is 1. The Morgan fingerprint density at radius 1 is 1.08 bits per heavy atom. The van der Waals surface area contributed by atoms with Gasteiger partial charge in [0.1, 0.15) is 5.69 Å². The highest BCUT2D eigenvalue weighted by atomic mass is 32.1. The highest BCUT2D eigenvalue weighted by Gasteiger charge is 2.44. The van der Waals surface area contributed by atoms with Crippen LogP contribution >= 0.6 is 11.3 Å². The minimum absolute atomic E-state index is 0.146. The summed E-state index contributed by atoms with van der Waals surface area (Å²) in [6, 6.07) is 12.7. The third-order valence-electron chi connectivity index (χ3n) is 5.39. The van der Waals surface area contributed by atoms with E-state index in [1.165, 1.54) is 10.4 Å². The van der Waals surface area contributed by atoms with E-state index in [2.05, 4.69) is 49.1 Å². The van der Waals surface area contributed by atoms with Gasteiger partial charge >= 0.3 is 0 Å². The van der Waals surface area contributed by atoms with Crippen LogP contribution in [0.3, 0.4) is 0 Å². The average Bonchev–Trinajstić information content (AvgIpc) is 3.39. The first-order valence-corrected chi connectivity index (χ1v) is 9.79. The molecule has 0 N–H and O–H groups in total. The van der Waals surface area contributed by atoms with Crippen LogP contribution in [-0.2, 0) is 13.1 Å². The third-order valence-corrected chi connectivity index (χ3v) is 6.25. The molecule has 2 aliphatic heterocycles. The van der Waals surface area contributed by atoms with Crippen LogP contribution in [0.5, 0.6) is 0 Å². The fraction of sp³-hybridized carbons (Fsp3) is 0.300. The quantitative estimate of drug-likeness (QED) is 0.715. The van der Waals surface area contributed by atoms with Gasteiger partial charge < -0.3 is 9.47 Å². The van der Waals surface area contributed by atoms with Crippen molar-refractivity contribution < 1.29 is 4.79 Å². The van der Waals surface area contributed by atoms with Gasteiger partial charge in [0.2, 0.25) is 0 Å². The number of fused-ring (bicyclic) bond motifs is 3. The van der Waals surface area contributed by atoms with E-state index in [0.29, 0.717) is 12.6 Å². The summed E-state index contributed by atoms with van der Waals surface area (Å²) in [4.78, 5) is 23.1. The SMILES string of the molecule is O=C1c2cccn2[C@@H]2CN(Cc3cccnc3)C[C@H]2N1Cc1cccs1. The molecule has 0 unspecified atom stereocenters. The molecule has 5 heterocycles. The van der Waals surface area contributed by atoms with Gasteiger partial charge in [-0.3, -0.25) is 14.7 Å². The summed E-state index contributed by atoms with van der Waals surface area (Å²) in [5.41, 5.74) is 2.03. The molecule has 132 valence electrons. The molecule has 0 bridgehead atoms. The summed E-state index contributed by atoms with van der Waals surface area (Å²) in [6.07, 6.45) is 5.79. The second kappa shape index (κ2) is 6.37.